The SMILES string of the molecule is COCCC[NH+](CC(=O)N1CCS[C@@H]1c1ccc(F)cc1)[C@@H](C)C(=O)OC. The first kappa shape index (κ1) is 21.7. The zero-order valence-electron chi connectivity index (χ0n) is 16.1. The van der Waals surface area contributed by atoms with Crippen molar-refractivity contribution in [3.63, 3.8) is 0 Å². The molecule has 1 aromatic rings. The molecule has 27 heavy (non-hydrogen) atoms. The number of ether oxygens (including phenoxy) is 2. The molecule has 0 aliphatic carbocycles. The van der Waals surface area contributed by atoms with E-state index >= 15 is 0 Å². The van der Waals surface area contributed by atoms with Crippen molar-refractivity contribution in [2.75, 3.05) is 46.2 Å². The summed E-state index contributed by atoms with van der Waals surface area (Å²) < 4.78 is 23.1. The van der Waals surface area contributed by atoms with Crippen LogP contribution < -0.4 is 4.90 Å². The number of hydrogen-bond donors (Lipinski definition) is 1. The van der Waals surface area contributed by atoms with E-state index in [9.17, 15) is 14.0 Å². The predicted molar refractivity (Wildman–Crippen MR) is 102 cm³/mol. The Kier molecular flexibility index (Phi) is 8.53. The van der Waals surface area contributed by atoms with Crippen LogP contribution in [0.15, 0.2) is 24.3 Å². The summed E-state index contributed by atoms with van der Waals surface area (Å²) in [4.78, 5) is 27.6. The number of carbonyl (C=O) groups is 2. The summed E-state index contributed by atoms with van der Waals surface area (Å²) in [6, 6.07) is 5.84. The van der Waals surface area contributed by atoms with Crippen LogP contribution in [0.25, 0.3) is 0 Å². The highest BCUT2D eigenvalue weighted by atomic mass is 32.2. The Morgan fingerprint density at radius 1 is 1.33 bits per heavy atom. The zero-order chi connectivity index (χ0) is 19.8. The van der Waals surface area contributed by atoms with Gasteiger partial charge in [-0.3, -0.25) is 4.79 Å². The molecule has 0 aromatic heterocycles. The lowest BCUT2D eigenvalue weighted by Gasteiger charge is -2.28. The van der Waals surface area contributed by atoms with Crippen molar-refractivity contribution in [1.29, 1.82) is 0 Å². The van der Waals surface area contributed by atoms with Gasteiger partial charge in [0.05, 0.1) is 20.3 Å². The number of methoxy groups -OCH3 is 2. The predicted octanol–water partition coefficient (Wildman–Crippen LogP) is 0.883. The summed E-state index contributed by atoms with van der Waals surface area (Å²) in [5.41, 5.74) is 0.911. The van der Waals surface area contributed by atoms with Crippen LogP contribution in [-0.4, -0.2) is 69.0 Å². The van der Waals surface area contributed by atoms with Crippen molar-refractivity contribution in [1.82, 2.24) is 4.90 Å². The third-order valence-corrected chi connectivity index (χ3v) is 6.02. The minimum atomic E-state index is -0.435. The lowest BCUT2D eigenvalue weighted by Crippen LogP contribution is -3.17. The molecule has 1 aromatic carbocycles. The summed E-state index contributed by atoms with van der Waals surface area (Å²) in [5.74, 6) is 0.193. The maximum absolute atomic E-state index is 13.2. The Balaban J connectivity index is 2.07. The molecule has 1 aliphatic rings. The lowest BCUT2D eigenvalue weighted by molar-refractivity contribution is -0.907. The van der Waals surface area contributed by atoms with Gasteiger partial charge in [-0.2, -0.15) is 0 Å². The molecule has 6 nitrogen and oxygen atoms in total. The van der Waals surface area contributed by atoms with Crippen LogP contribution >= 0.6 is 11.8 Å². The number of benzene rings is 1. The molecule has 1 aliphatic heterocycles. The first-order valence-corrected chi connectivity index (χ1v) is 10.1. The maximum atomic E-state index is 13.2. The zero-order valence-corrected chi connectivity index (χ0v) is 16.9. The van der Waals surface area contributed by atoms with Crippen LogP contribution in [0.5, 0.6) is 0 Å². The standard InChI is InChI=1S/C19H27FN2O4S/c1-14(19(24)26-3)21(9-4-11-25-2)13-17(23)22-10-12-27-18(22)15-5-7-16(20)8-6-15/h5-8,14,18H,4,9-13H2,1-3H3/p+1/t14-,18+/m0/s1. The van der Waals surface area contributed by atoms with Gasteiger partial charge >= 0.3 is 5.97 Å². The maximum Gasteiger partial charge on any atom is 0.364 e. The monoisotopic (exact) mass is 399 g/mol. The van der Waals surface area contributed by atoms with Crippen LogP contribution in [0.1, 0.15) is 24.3 Å². The molecular weight excluding hydrogens is 371 g/mol. The number of nitrogens with one attached hydrogen (secondary N) is 1. The molecule has 0 radical (unpaired) electrons. The number of halogens is 1. The van der Waals surface area contributed by atoms with Crippen LogP contribution in [0.2, 0.25) is 0 Å². The second-order valence-electron chi connectivity index (χ2n) is 6.54. The summed E-state index contributed by atoms with van der Waals surface area (Å²) in [5, 5.41) is -0.119. The Labute approximate surface area is 164 Å². The smallest absolute Gasteiger partial charge is 0.364 e. The number of quaternary nitrogens is 1. The van der Waals surface area contributed by atoms with Crippen LogP contribution in [-0.2, 0) is 19.1 Å². The Bertz CT molecular complexity index is 629. The molecule has 1 fully saturated rings. The first-order chi connectivity index (χ1) is 13.0. The van der Waals surface area contributed by atoms with Gasteiger partial charge in [0.1, 0.15) is 11.2 Å². The van der Waals surface area contributed by atoms with Gasteiger partial charge in [-0.1, -0.05) is 12.1 Å². The van der Waals surface area contributed by atoms with E-state index in [2.05, 4.69) is 0 Å². The summed E-state index contributed by atoms with van der Waals surface area (Å²) in [6.45, 7) is 3.83. The number of thioether (sulfide) groups is 1. The van der Waals surface area contributed by atoms with Crippen molar-refractivity contribution < 1.29 is 28.4 Å². The van der Waals surface area contributed by atoms with E-state index in [-0.39, 0.29) is 29.6 Å². The highest BCUT2D eigenvalue weighted by molar-refractivity contribution is 7.99. The van der Waals surface area contributed by atoms with E-state index in [1.165, 1.54) is 19.2 Å². The molecule has 1 heterocycles. The van der Waals surface area contributed by atoms with Crippen LogP contribution in [0.4, 0.5) is 4.39 Å². The van der Waals surface area contributed by atoms with Crippen molar-refractivity contribution in [3.8, 4) is 0 Å². The third kappa shape index (κ3) is 5.92. The van der Waals surface area contributed by atoms with Crippen LogP contribution in [0.3, 0.4) is 0 Å². The average Bonchev–Trinajstić information content (AvgIpc) is 3.16. The van der Waals surface area contributed by atoms with Crippen molar-refractivity contribution in [2.45, 2.75) is 24.8 Å². The van der Waals surface area contributed by atoms with Crippen molar-refractivity contribution in [3.05, 3.63) is 35.6 Å². The van der Waals surface area contributed by atoms with Gasteiger partial charge in [0.2, 0.25) is 0 Å². The largest absolute Gasteiger partial charge is 0.465 e. The fourth-order valence-electron chi connectivity index (χ4n) is 3.17. The minimum Gasteiger partial charge on any atom is -0.465 e. The second-order valence-corrected chi connectivity index (χ2v) is 7.73. The van der Waals surface area contributed by atoms with Gasteiger partial charge in [0.15, 0.2) is 12.6 Å². The fourth-order valence-corrected chi connectivity index (χ4v) is 4.45. The Hall–Kier alpha value is -1.64. The number of rotatable bonds is 9. The quantitative estimate of drug-likeness (QED) is 0.494. The summed E-state index contributed by atoms with van der Waals surface area (Å²) >= 11 is 1.67. The molecule has 8 heteroatoms. The molecule has 1 amide bonds. The van der Waals surface area contributed by atoms with Crippen molar-refractivity contribution in [2.24, 2.45) is 0 Å². The Morgan fingerprint density at radius 2 is 2.04 bits per heavy atom. The van der Waals surface area contributed by atoms with E-state index < -0.39 is 6.04 Å². The highest BCUT2D eigenvalue weighted by Crippen LogP contribution is 2.37. The molecule has 150 valence electrons. The first-order valence-electron chi connectivity index (χ1n) is 9.05. The number of esters is 1. The van der Waals surface area contributed by atoms with Gasteiger partial charge in [0.25, 0.3) is 5.91 Å². The number of carbonyl (C=O) groups excluding carboxylic acids is 2. The van der Waals surface area contributed by atoms with Gasteiger partial charge < -0.3 is 19.3 Å². The number of nitrogens with zero attached hydrogens (tertiary/aromatic N) is 1. The normalized spacial score (nSPS) is 19.0. The van der Waals surface area contributed by atoms with Gasteiger partial charge in [-0.15, -0.1) is 11.8 Å². The van der Waals surface area contributed by atoms with Crippen LogP contribution in [0, 0.1) is 5.82 Å². The minimum absolute atomic E-state index is 0.0162. The molecule has 0 saturated carbocycles. The fraction of sp³-hybridized carbons (Fsp3) is 0.579. The molecular formula is C19H28FN2O4S+. The van der Waals surface area contributed by atoms with Gasteiger partial charge in [-0.05, 0) is 24.6 Å². The van der Waals surface area contributed by atoms with E-state index in [0.29, 0.717) is 19.7 Å². The molecule has 1 unspecified atom stereocenters. The molecule has 2 rings (SSSR count). The summed E-state index contributed by atoms with van der Waals surface area (Å²) in [7, 11) is 2.98. The van der Waals surface area contributed by atoms with E-state index in [1.54, 1.807) is 37.9 Å². The highest BCUT2D eigenvalue weighted by Gasteiger charge is 2.35. The average molecular weight is 400 g/mol. The van der Waals surface area contributed by atoms with Gasteiger partial charge in [0, 0.05) is 25.8 Å². The number of hydrogen-bond acceptors (Lipinski definition) is 5. The van der Waals surface area contributed by atoms with E-state index in [4.69, 9.17) is 9.47 Å². The molecule has 1 saturated heterocycles. The molecule has 3 atom stereocenters. The molecule has 1 N–H and O–H groups in total. The van der Waals surface area contributed by atoms with Gasteiger partial charge in [-0.25, -0.2) is 9.18 Å². The Morgan fingerprint density at radius 3 is 2.67 bits per heavy atom. The topological polar surface area (TPSA) is 60.3 Å². The third-order valence-electron chi connectivity index (χ3n) is 4.76. The molecule has 0 spiro atoms. The van der Waals surface area contributed by atoms with Crippen molar-refractivity contribution >= 4 is 23.6 Å². The lowest BCUT2D eigenvalue weighted by atomic mass is 10.2. The van der Waals surface area contributed by atoms with E-state index in [0.717, 1.165) is 22.6 Å². The molecule has 0 bridgehead atoms. The van der Waals surface area contributed by atoms with E-state index in [1.807, 2.05) is 4.90 Å². The second kappa shape index (κ2) is 10.6. The summed E-state index contributed by atoms with van der Waals surface area (Å²) in [6.07, 6.45) is 0.747. The number of amides is 1.